The Kier molecular flexibility index (Phi) is 6.96. The summed E-state index contributed by atoms with van der Waals surface area (Å²) in [6.07, 6.45) is -4.15. The zero-order chi connectivity index (χ0) is 26.2. The number of halogens is 4. The number of rotatable bonds is 5. The van der Waals surface area contributed by atoms with E-state index in [1.165, 1.54) is 29.9 Å². The monoisotopic (exact) mass is 520 g/mol. The molecule has 1 aromatic heterocycles. The Morgan fingerprint density at radius 2 is 1.97 bits per heavy atom. The van der Waals surface area contributed by atoms with Crippen LogP contribution in [-0.2, 0) is 7.05 Å². The average Bonchev–Trinajstić information content (AvgIpc) is 2.82. The second kappa shape index (κ2) is 9.82. The third-order valence-electron chi connectivity index (χ3n) is 6.41. The molecule has 0 amide bonds. The number of fused-ring (bicyclic) bond motifs is 1. The van der Waals surface area contributed by atoms with Gasteiger partial charge in [0.15, 0.2) is 0 Å². The van der Waals surface area contributed by atoms with Crippen LogP contribution in [0.15, 0.2) is 41.2 Å². The van der Waals surface area contributed by atoms with Gasteiger partial charge in [-0.1, -0.05) is 18.5 Å². The van der Waals surface area contributed by atoms with Gasteiger partial charge in [0.2, 0.25) is 0 Å². The second-order valence-electron chi connectivity index (χ2n) is 8.73. The molecule has 2 heterocycles. The lowest BCUT2D eigenvalue weighted by molar-refractivity contribution is -0.274. The van der Waals surface area contributed by atoms with E-state index in [0.717, 1.165) is 5.39 Å². The molecule has 1 saturated heterocycles. The molecule has 0 radical (unpaired) electrons. The standard InChI is InChI=1S/C25H24ClF3N4O3/c1-14-13-33(23-17-10-15(26)4-7-21(17)32(2)24(34)18(23)12-30)9-8-19(14)31-20-6-5-16(11-22(20)35-3)36-25(27,28)29/h4-7,10-11,14,19,31H,8-9,13H2,1-3H3/t14-,19+/m0/s1. The summed E-state index contributed by atoms with van der Waals surface area (Å²) in [7, 11) is 3.00. The maximum atomic E-state index is 12.9. The van der Waals surface area contributed by atoms with Gasteiger partial charge in [-0.3, -0.25) is 4.79 Å². The molecule has 2 aromatic carbocycles. The molecule has 7 nitrogen and oxygen atoms in total. The molecule has 4 rings (SSSR count). The maximum absolute atomic E-state index is 12.9. The second-order valence-corrected chi connectivity index (χ2v) is 9.17. The number of anilines is 2. The zero-order valence-electron chi connectivity index (χ0n) is 19.8. The van der Waals surface area contributed by atoms with Gasteiger partial charge in [-0.2, -0.15) is 5.26 Å². The molecule has 3 aromatic rings. The minimum Gasteiger partial charge on any atom is -0.494 e. The van der Waals surface area contributed by atoms with E-state index in [1.54, 1.807) is 25.2 Å². The summed E-state index contributed by atoms with van der Waals surface area (Å²) in [6.45, 7) is 3.11. The topological polar surface area (TPSA) is 79.5 Å². The molecule has 2 atom stereocenters. The summed E-state index contributed by atoms with van der Waals surface area (Å²) in [6, 6.07) is 11.2. The van der Waals surface area contributed by atoms with Crippen LogP contribution in [0.4, 0.5) is 24.5 Å². The number of nitrogens with zero attached hydrogens (tertiary/aromatic N) is 3. The molecule has 0 bridgehead atoms. The Labute approximate surface area is 210 Å². The fourth-order valence-corrected chi connectivity index (χ4v) is 4.86. The molecule has 1 N–H and O–H groups in total. The lowest BCUT2D eigenvalue weighted by Gasteiger charge is -2.40. The summed E-state index contributed by atoms with van der Waals surface area (Å²) >= 11 is 6.25. The Hall–Kier alpha value is -3.58. The number of aryl methyl sites for hydroxylation is 1. The molecule has 0 aliphatic carbocycles. The SMILES string of the molecule is COc1cc(OC(F)(F)F)ccc1N[C@@H]1CCN(c2c(C#N)c(=O)n(C)c3ccc(Cl)cc23)C[C@@H]1C. The number of hydrogen-bond acceptors (Lipinski definition) is 6. The minimum atomic E-state index is -4.80. The van der Waals surface area contributed by atoms with Gasteiger partial charge in [0, 0.05) is 42.7 Å². The number of methoxy groups -OCH3 is 1. The highest BCUT2D eigenvalue weighted by Gasteiger charge is 2.32. The number of benzene rings is 2. The molecule has 1 fully saturated rings. The molecule has 36 heavy (non-hydrogen) atoms. The van der Waals surface area contributed by atoms with Crippen LogP contribution in [0.1, 0.15) is 18.9 Å². The van der Waals surface area contributed by atoms with Crippen molar-refractivity contribution >= 4 is 33.9 Å². The molecule has 1 aliphatic rings. The van der Waals surface area contributed by atoms with Crippen molar-refractivity contribution in [2.45, 2.75) is 25.7 Å². The van der Waals surface area contributed by atoms with E-state index < -0.39 is 6.36 Å². The van der Waals surface area contributed by atoms with Crippen LogP contribution >= 0.6 is 11.6 Å². The predicted octanol–water partition coefficient (Wildman–Crippen LogP) is 5.30. The van der Waals surface area contributed by atoms with Gasteiger partial charge < -0.3 is 24.3 Å². The number of alkyl halides is 3. The van der Waals surface area contributed by atoms with Crippen molar-refractivity contribution < 1.29 is 22.6 Å². The number of aromatic nitrogens is 1. The van der Waals surface area contributed by atoms with Gasteiger partial charge in [0.05, 0.1) is 24.0 Å². The number of pyridine rings is 1. The van der Waals surface area contributed by atoms with Gasteiger partial charge >= 0.3 is 6.36 Å². The number of piperidine rings is 1. The Morgan fingerprint density at radius 1 is 1.22 bits per heavy atom. The minimum absolute atomic E-state index is 0.0310. The molecule has 1 aliphatic heterocycles. The van der Waals surface area contributed by atoms with Crippen LogP contribution in [0.3, 0.4) is 0 Å². The lowest BCUT2D eigenvalue weighted by Crippen LogP contribution is -2.46. The van der Waals surface area contributed by atoms with E-state index in [2.05, 4.69) is 16.1 Å². The van der Waals surface area contributed by atoms with Crippen molar-refractivity contribution in [2.24, 2.45) is 13.0 Å². The van der Waals surface area contributed by atoms with Crippen molar-refractivity contribution in [2.75, 3.05) is 30.4 Å². The van der Waals surface area contributed by atoms with E-state index in [1.807, 2.05) is 11.8 Å². The third-order valence-corrected chi connectivity index (χ3v) is 6.65. The van der Waals surface area contributed by atoms with Crippen molar-refractivity contribution in [1.29, 1.82) is 5.26 Å². The van der Waals surface area contributed by atoms with Gasteiger partial charge in [-0.05, 0) is 42.7 Å². The van der Waals surface area contributed by atoms with Crippen LogP contribution in [-0.4, -0.2) is 37.2 Å². The summed E-state index contributed by atoms with van der Waals surface area (Å²) < 4.78 is 48.4. The van der Waals surface area contributed by atoms with Gasteiger partial charge in [-0.15, -0.1) is 13.2 Å². The first kappa shape index (κ1) is 25.5. The summed E-state index contributed by atoms with van der Waals surface area (Å²) in [4.78, 5) is 14.9. The molecule has 0 spiro atoms. The Morgan fingerprint density at radius 3 is 2.61 bits per heavy atom. The molecule has 0 unspecified atom stereocenters. The average molecular weight is 521 g/mol. The predicted molar refractivity (Wildman–Crippen MR) is 132 cm³/mol. The highest BCUT2D eigenvalue weighted by molar-refractivity contribution is 6.31. The molecular formula is C25H24ClF3N4O3. The van der Waals surface area contributed by atoms with E-state index in [4.69, 9.17) is 16.3 Å². The number of nitrogens with one attached hydrogen (secondary N) is 1. The zero-order valence-corrected chi connectivity index (χ0v) is 20.6. The first-order valence-electron chi connectivity index (χ1n) is 11.2. The van der Waals surface area contributed by atoms with Crippen LogP contribution < -0.4 is 25.2 Å². The van der Waals surface area contributed by atoms with Crippen molar-refractivity contribution in [1.82, 2.24) is 4.57 Å². The van der Waals surface area contributed by atoms with Crippen molar-refractivity contribution in [3.63, 3.8) is 0 Å². The number of nitriles is 1. The van der Waals surface area contributed by atoms with Crippen molar-refractivity contribution in [3.05, 3.63) is 57.3 Å². The van der Waals surface area contributed by atoms with Crippen LogP contribution in [0.5, 0.6) is 11.5 Å². The first-order valence-corrected chi connectivity index (χ1v) is 11.6. The Balaban J connectivity index is 1.60. The van der Waals surface area contributed by atoms with Crippen molar-refractivity contribution in [3.8, 4) is 17.6 Å². The molecular weight excluding hydrogens is 497 g/mol. The Bertz CT molecular complexity index is 1400. The van der Waals surface area contributed by atoms with Gasteiger partial charge in [-0.25, -0.2) is 0 Å². The highest BCUT2D eigenvalue weighted by atomic mass is 35.5. The van der Waals surface area contributed by atoms with Crippen LogP contribution in [0.25, 0.3) is 10.9 Å². The molecule has 190 valence electrons. The van der Waals surface area contributed by atoms with E-state index in [0.29, 0.717) is 41.4 Å². The van der Waals surface area contributed by atoms with E-state index >= 15 is 0 Å². The summed E-state index contributed by atoms with van der Waals surface area (Å²) in [5.74, 6) is -0.0854. The van der Waals surface area contributed by atoms with E-state index in [-0.39, 0.29) is 34.6 Å². The van der Waals surface area contributed by atoms with Crippen LogP contribution in [0.2, 0.25) is 5.02 Å². The first-order chi connectivity index (χ1) is 17.0. The molecule has 11 heteroatoms. The fraction of sp³-hybridized carbons (Fsp3) is 0.360. The summed E-state index contributed by atoms with van der Waals surface area (Å²) in [5, 5.41) is 14.4. The fourth-order valence-electron chi connectivity index (χ4n) is 4.68. The largest absolute Gasteiger partial charge is 0.573 e. The van der Waals surface area contributed by atoms with Gasteiger partial charge in [0.25, 0.3) is 5.56 Å². The molecule has 0 saturated carbocycles. The normalized spacial score (nSPS) is 18.1. The number of hydrogen-bond donors (Lipinski definition) is 1. The lowest BCUT2D eigenvalue weighted by atomic mass is 9.92. The van der Waals surface area contributed by atoms with Crippen LogP contribution in [0, 0.1) is 17.2 Å². The quantitative estimate of drug-likeness (QED) is 0.492. The third kappa shape index (κ3) is 5.02. The smallest absolute Gasteiger partial charge is 0.494 e. The van der Waals surface area contributed by atoms with Gasteiger partial charge in [0.1, 0.15) is 23.1 Å². The highest BCUT2D eigenvalue weighted by Crippen LogP contribution is 2.36. The summed E-state index contributed by atoms with van der Waals surface area (Å²) in [5.41, 5.74) is 1.47. The van der Waals surface area contributed by atoms with E-state index in [9.17, 15) is 23.2 Å². The maximum Gasteiger partial charge on any atom is 0.573 e. The number of ether oxygens (including phenoxy) is 2.